The molecule has 5 aromatic carbocycles. The van der Waals surface area contributed by atoms with Crippen molar-refractivity contribution in [3.63, 3.8) is 0 Å². The van der Waals surface area contributed by atoms with Crippen molar-refractivity contribution in [3.05, 3.63) is 161 Å². The first-order valence-corrected chi connectivity index (χ1v) is 22.6. The van der Waals surface area contributed by atoms with Crippen LogP contribution in [-0.4, -0.2) is 30.1 Å². The lowest BCUT2D eigenvalue weighted by Crippen LogP contribution is -2.42. The summed E-state index contributed by atoms with van der Waals surface area (Å²) < 4.78 is 49.3. The van der Waals surface area contributed by atoms with Gasteiger partial charge in [-0.3, -0.25) is 0 Å². The van der Waals surface area contributed by atoms with Gasteiger partial charge in [0.2, 0.25) is 0 Å². The van der Waals surface area contributed by atoms with Crippen LogP contribution in [0.5, 0.6) is 0 Å². The Labute approximate surface area is 335 Å². The van der Waals surface area contributed by atoms with Gasteiger partial charge in [-0.15, -0.1) is 4.72 Å². The maximum atomic E-state index is 15.1. The molecule has 2 unspecified atom stereocenters. The minimum absolute atomic E-state index is 0. The predicted molar refractivity (Wildman–Crippen MR) is 240 cm³/mol. The van der Waals surface area contributed by atoms with Crippen molar-refractivity contribution in [2.24, 2.45) is 0 Å². The van der Waals surface area contributed by atoms with Crippen LogP contribution < -0.4 is 15.3 Å². The summed E-state index contributed by atoms with van der Waals surface area (Å²) in [7, 11) is -5.18. The highest BCUT2D eigenvalue weighted by atomic mass is 32.2. The van der Waals surface area contributed by atoms with Crippen molar-refractivity contribution < 1.29 is 13.0 Å². The average molecular weight is 791 g/mol. The highest BCUT2D eigenvalue weighted by Crippen LogP contribution is 2.46. The molecule has 0 aliphatic heterocycles. The molecule has 0 aliphatic rings. The van der Waals surface area contributed by atoms with Gasteiger partial charge >= 0.3 is 0 Å². The quantitative estimate of drug-likeness (QED) is 0.0855. The van der Waals surface area contributed by atoms with Crippen LogP contribution in [-0.2, 0) is 38.4 Å². The molecule has 55 heavy (non-hydrogen) atoms. The first kappa shape index (κ1) is 42.5. The zero-order valence-corrected chi connectivity index (χ0v) is 35.4. The molecule has 1 aromatic heterocycles. The van der Waals surface area contributed by atoms with Crippen LogP contribution in [0.25, 0.3) is 10.9 Å². The van der Waals surface area contributed by atoms with Gasteiger partial charge < -0.3 is 4.55 Å². The third kappa shape index (κ3) is 9.16. The summed E-state index contributed by atoms with van der Waals surface area (Å²) in [5, 5.41) is 3.10. The Kier molecular flexibility index (Phi) is 12.7. The van der Waals surface area contributed by atoms with Gasteiger partial charge in [0.05, 0.1) is 18.8 Å². The van der Waals surface area contributed by atoms with Crippen molar-refractivity contribution in [3.8, 4) is 0 Å². The molecule has 2 atom stereocenters. The lowest BCUT2D eigenvalue weighted by Gasteiger charge is -2.32. The molecule has 1 N–H and O–H groups in total. The molecule has 9 heteroatoms. The molecule has 0 amide bonds. The van der Waals surface area contributed by atoms with Gasteiger partial charge in [0, 0.05) is 34.2 Å². The summed E-state index contributed by atoms with van der Waals surface area (Å²) in [5.74, 6) is 0. The molecular weight excluding hydrogens is 734 g/mol. The molecule has 0 bridgehead atoms. The number of rotatable bonds is 10. The van der Waals surface area contributed by atoms with E-state index in [-0.39, 0.29) is 24.1 Å². The first-order chi connectivity index (χ1) is 25.4. The molecule has 0 spiro atoms. The third-order valence-electron chi connectivity index (χ3n) is 9.78. The Morgan fingerprint density at radius 2 is 1.13 bits per heavy atom. The van der Waals surface area contributed by atoms with Gasteiger partial charge in [0.25, 0.3) is 10.0 Å². The molecule has 6 rings (SSSR count). The van der Waals surface area contributed by atoms with Crippen molar-refractivity contribution in [2.75, 3.05) is 0 Å². The van der Waals surface area contributed by atoms with E-state index < -0.39 is 40.1 Å². The molecule has 5 nitrogen and oxygen atoms in total. The van der Waals surface area contributed by atoms with E-state index in [2.05, 4.69) is 88.7 Å². The van der Waals surface area contributed by atoms with Crippen molar-refractivity contribution in [1.29, 1.82) is 0 Å². The summed E-state index contributed by atoms with van der Waals surface area (Å²) in [6, 6.07) is 43.4. The number of hydrogen-bond donors (Lipinski definition) is 1. The summed E-state index contributed by atoms with van der Waals surface area (Å²) in [6.45, 7) is 19.2. The van der Waals surface area contributed by atoms with Crippen molar-refractivity contribution in [1.82, 2.24) is 8.69 Å². The first-order valence-electron chi connectivity index (χ1n) is 18.5. The lowest BCUT2D eigenvalue weighted by atomic mass is 9.78. The van der Waals surface area contributed by atoms with E-state index in [1.54, 1.807) is 28.2 Å². The number of benzene rings is 5. The van der Waals surface area contributed by atoms with Crippen molar-refractivity contribution >= 4 is 59.2 Å². The number of aromatic nitrogens is 1. The second-order valence-corrected chi connectivity index (χ2v) is 23.0. The summed E-state index contributed by atoms with van der Waals surface area (Å²) in [6.07, 6.45) is 0.435. The molecule has 288 valence electrons. The van der Waals surface area contributed by atoms with Crippen LogP contribution in [0.1, 0.15) is 96.3 Å². The van der Waals surface area contributed by atoms with E-state index in [0.29, 0.717) is 17.4 Å². The lowest BCUT2D eigenvalue weighted by molar-refractivity contribution is 0.534. The minimum atomic E-state index is -4.10. The predicted octanol–water partition coefficient (Wildman–Crippen LogP) is 9.06. The van der Waals surface area contributed by atoms with Crippen molar-refractivity contribution in [2.45, 2.75) is 95.0 Å². The fourth-order valence-electron chi connectivity index (χ4n) is 6.69. The van der Waals surface area contributed by atoms with E-state index in [0.717, 1.165) is 38.2 Å². The topological polar surface area (TPSA) is 74.2 Å². The normalized spacial score (nSPS) is 13.8. The molecular formula is C46H56BN2O3PS2. The standard InChI is InChI=1S/C46H53N2O3PS2.BH3/c1-44(2,3)34-29-33(30-35(31-34)45(4,5)6)43(47-53(49)46(7,8)9)42-39-27-19-20-28-40(39)48(54(50,51)38-25-17-12-18-26-38)41(42)32-52(36-21-13-10-14-22-36)37-23-15-11-16-24-37;/h10-31,43,47H,32H2,1-9H3;1H3. The smallest absolute Gasteiger partial charge is 0.268 e. The Hall–Kier alpha value is -3.65. The second kappa shape index (κ2) is 16.4. The third-order valence-corrected chi connectivity index (χ3v) is 15.6. The van der Waals surface area contributed by atoms with Crippen LogP contribution in [0.3, 0.4) is 0 Å². The monoisotopic (exact) mass is 790 g/mol. The fraction of sp³-hybridized carbons (Fsp3) is 0.304. The average Bonchev–Trinajstić information content (AvgIpc) is 3.46. The molecule has 1 heterocycles. The van der Waals surface area contributed by atoms with Crippen LogP contribution in [0, 0.1) is 0 Å². The fourth-order valence-corrected chi connectivity index (χ4v) is 11.5. The highest BCUT2D eigenvalue weighted by Gasteiger charge is 2.38. The Morgan fingerprint density at radius 1 is 0.673 bits per heavy atom. The zero-order chi connectivity index (χ0) is 39.1. The Balaban J connectivity index is 0.00000580. The van der Waals surface area contributed by atoms with Gasteiger partial charge in [0.15, 0.2) is 0 Å². The van der Waals surface area contributed by atoms with Crippen LogP contribution >= 0.6 is 7.92 Å². The number of hydrogen-bond acceptors (Lipinski definition) is 4. The van der Waals surface area contributed by atoms with Gasteiger partial charge in [-0.25, -0.2) is 12.4 Å². The summed E-state index contributed by atoms with van der Waals surface area (Å²) in [5.41, 5.74) is 5.04. The number of fused-ring (bicyclic) bond motifs is 1. The molecule has 0 saturated heterocycles. The largest absolute Gasteiger partial charge is 0.598 e. The Morgan fingerprint density at radius 3 is 1.60 bits per heavy atom. The maximum Gasteiger partial charge on any atom is 0.268 e. The zero-order valence-electron chi connectivity index (χ0n) is 32.9. The molecule has 0 radical (unpaired) electrons. The maximum absolute atomic E-state index is 15.1. The molecule has 0 aliphatic carbocycles. The van der Waals surface area contributed by atoms with Crippen LogP contribution in [0.2, 0.25) is 0 Å². The van der Waals surface area contributed by atoms with E-state index >= 15 is 8.42 Å². The Bertz CT molecular complexity index is 2260. The molecule has 6 aromatic rings. The minimum Gasteiger partial charge on any atom is -0.598 e. The van der Waals surface area contributed by atoms with Gasteiger partial charge in [0.1, 0.15) is 10.8 Å². The van der Waals surface area contributed by atoms with E-state index in [1.165, 1.54) is 0 Å². The number of nitrogens with zero attached hydrogens (tertiary/aromatic N) is 1. The van der Waals surface area contributed by atoms with E-state index in [9.17, 15) is 4.55 Å². The van der Waals surface area contributed by atoms with Crippen LogP contribution in [0.15, 0.2) is 138 Å². The molecule has 0 fully saturated rings. The van der Waals surface area contributed by atoms with E-state index in [4.69, 9.17) is 0 Å². The molecule has 0 saturated carbocycles. The van der Waals surface area contributed by atoms with Crippen LogP contribution in [0.4, 0.5) is 0 Å². The van der Waals surface area contributed by atoms with Gasteiger partial charge in [-0.2, -0.15) is 0 Å². The second-order valence-electron chi connectivity index (χ2n) is 17.0. The summed E-state index contributed by atoms with van der Waals surface area (Å²) >= 11 is -1.51. The SMILES string of the molecule is B.CC(C)(C)c1cc(C(N[S+]([O-])C(C)(C)C)c2c(CP(c3ccccc3)c3ccccc3)n(S(=O)(=O)c3ccccc3)c3ccccc23)cc(C(C)(C)C)c1. The van der Waals surface area contributed by atoms with E-state index in [1.807, 2.05) is 87.5 Å². The van der Waals surface area contributed by atoms with Gasteiger partial charge in [-0.1, -0.05) is 157 Å². The number of para-hydroxylation sites is 1. The number of nitrogens with one attached hydrogen (secondary N) is 1. The van der Waals surface area contributed by atoms with Gasteiger partial charge in [-0.05, 0) is 85.0 Å². The highest BCUT2D eigenvalue weighted by molar-refractivity contribution is 7.91. The summed E-state index contributed by atoms with van der Waals surface area (Å²) in [4.78, 5) is 0.217.